The molecular formula is C45H62O2. The van der Waals surface area contributed by atoms with E-state index >= 15 is 0 Å². The van der Waals surface area contributed by atoms with E-state index in [4.69, 9.17) is 4.74 Å². The van der Waals surface area contributed by atoms with Gasteiger partial charge in [0.15, 0.2) is 0 Å². The number of ether oxygens (including phenoxy) is 1. The van der Waals surface area contributed by atoms with E-state index in [1.54, 1.807) is 18.1 Å². The number of fused-ring (bicyclic) bond motifs is 4. The lowest BCUT2D eigenvalue weighted by molar-refractivity contribution is -0.167. The molecule has 0 spiro atoms. The molecule has 0 N–H and O–H groups in total. The third kappa shape index (κ3) is 5.68. The third-order valence-electron chi connectivity index (χ3n) is 14.9. The second kappa shape index (κ2) is 12.7. The zero-order chi connectivity index (χ0) is 33.8. The Kier molecular flexibility index (Phi) is 9.25. The Bertz CT molecular complexity index is 1470. The fraction of sp³-hybridized carbons (Fsp3) is 0.622. The molecule has 0 aromatic heterocycles. The first-order valence-corrected chi connectivity index (χ1v) is 19.0. The van der Waals surface area contributed by atoms with Gasteiger partial charge in [0.05, 0.1) is 0 Å². The van der Waals surface area contributed by atoms with Gasteiger partial charge in [0.25, 0.3) is 0 Å². The Labute approximate surface area is 286 Å². The fourth-order valence-electron chi connectivity index (χ4n) is 11.6. The Hall–Kier alpha value is -2.61. The topological polar surface area (TPSA) is 26.3 Å². The summed E-state index contributed by atoms with van der Waals surface area (Å²) in [5, 5.41) is 0. The van der Waals surface area contributed by atoms with Gasteiger partial charge in [-0.1, -0.05) is 133 Å². The van der Waals surface area contributed by atoms with Crippen LogP contribution in [0, 0.1) is 45.3 Å². The van der Waals surface area contributed by atoms with Gasteiger partial charge in [0.2, 0.25) is 0 Å². The molecule has 2 nitrogen and oxygen atoms in total. The second-order valence-corrected chi connectivity index (χ2v) is 17.7. The summed E-state index contributed by atoms with van der Waals surface area (Å²) in [5.74, 6) is 2.37. The molecule has 2 heteroatoms. The van der Waals surface area contributed by atoms with Gasteiger partial charge < -0.3 is 4.74 Å². The van der Waals surface area contributed by atoms with Gasteiger partial charge in [0, 0.05) is 12.3 Å². The molecule has 0 aliphatic heterocycles. The van der Waals surface area contributed by atoms with E-state index < -0.39 is 0 Å². The van der Waals surface area contributed by atoms with Gasteiger partial charge in [-0.3, -0.25) is 4.79 Å². The van der Waals surface area contributed by atoms with Gasteiger partial charge >= 0.3 is 5.97 Å². The molecule has 0 unspecified atom stereocenters. The van der Waals surface area contributed by atoms with E-state index in [0.29, 0.717) is 23.7 Å². The Morgan fingerprint density at radius 3 is 1.98 bits per heavy atom. The zero-order valence-corrected chi connectivity index (χ0v) is 31.0. The van der Waals surface area contributed by atoms with Gasteiger partial charge in [-0.05, 0) is 121 Å². The van der Waals surface area contributed by atoms with Crippen LogP contribution in [-0.4, -0.2) is 12.1 Å². The van der Waals surface area contributed by atoms with Crippen LogP contribution in [0.25, 0.3) is 5.57 Å². The molecule has 7 atom stereocenters. The number of rotatable bonds is 8. The summed E-state index contributed by atoms with van der Waals surface area (Å²) < 4.78 is 5.97. The summed E-state index contributed by atoms with van der Waals surface area (Å²) in [6.45, 7) is 21.6. The van der Waals surface area contributed by atoms with Crippen molar-refractivity contribution in [1.82, 2.24) is 0 Å². The number of hydrogen-bond donors (Lipinski definition) is 0. The van der Waals surface area contributed by atoms with Crippen LogP contribution in [0.4, 0.5) is 0 Å². The number of carbonyl (C=O) groups is 1. The summed E-state index contributed by atoms with van der Waals surface area (Å²) in [4.78, 5) is 12.1. The average molecular weight is 635 g/mol. The number of esters is 1. The molecule has 254 valence electrons. The van der Waals surface area contributed by atoms with Crippen molar-refractivity contribution < 1.29 is 9.53 Å². The van der Waals surface area contributed by atoms with Crippen molar-refractivity contribution in [2.24, 2.45) is 45.3 Å². The Morgan fingerprint density at radius 1 is 0.787 bits per heavy atom. The maximum atomic E-state index is 12.1. The standard InChI is InChI=1S/C45H62O2/c1-30(2)31(3)20-21-35(41(33-16-12-10-13-17-33)34-18-14-11-15-19-34)36-24-28-45(9)38-22-23-39-42(5,6)40(47-32(4)46)26-27-43(39,7)37(38)25-29-44(36,45)8/h10-19,30-31,36,39-40H,20-29H2,1-9H3/t31-,36-,39-,40-,43-,44-,45+/m1/s1. The second-order valence-electron chi connectivity index (χ2n) is 17.7. The molecule has 0 radical (unpaired) electrons. The average Bonchev–Trinajstić information content (AvgIpc) is 3.32. The SMILES string of the molecule is CC(=O)O[C@@H]1CC[C@]2(C)C3=C(CC[C@@H]2C1(C)C)[C@]1(C)CC[C@H](C(CC[C@@H](C)C(C)C)=C(c2ccccc2)c2ccccc2)[C@@]1(C)CC3. The van der Waals surface area contributed by atoms with E-state index in [1.807, 2.05) is 5.57 Å². The Morgan fingerprint density at radius 2 is 1.40 bits per heavy atom. The van der Waals surface area contributed by atoms with Crippen molar-refractivity contribution in [3.63, 3.8) is 0 Å². The van der Waals surface area contributed by atoms with E-state index in [2.05, 4.69) is 116 Å². The first-order chi connectivity index (χ1) is 22.2. The maximum absolute atomic E-state index is 12.1. The minimum absolute atomic E-state index is 0.0135. The highest BCUT2D eigenvalue weighted by Crippen LogP contribution is 2.73. The first kappa shape index (κ1) is 34.3. The highest BCUT2D eigenvalue weighted by Gasteiger charge is 2.63. The minimum Gasteiger partial charge on any atom is -0.462 e. The van der Waals surface area contributed by atoms with E-state index in [-0.39, 0.29) is 33.7 Å². The monoisotopic (exact) mass is 634 g/mol. The highest BCUT2D eigenvalue weighted by atomic mass is 16.5. The molecule has 4 aliphatic carbocycles. The zero-order valence-electron chi connectivity index (χ0n) is 31.0. The van der Waals surface area contributed by atoms with Crippen molar-refractivity contribution in [2.75, 3.05) is 0 Å². The summed E-state index contributed by atoms with van der Waals surface area (Å²) in [6, 6.07) is 22.6. The number of allylic oxidation sites excluding steroid dienone is 3. The molecule has 2 aromatic carbocycles. The van der Waals surface area contributed by atoms with E-state index in [1.165, 1.54) is 68.1 Å². The van der Waals surface area contributed by atoms with Crippen LogP contribution >= 0.6 is 0 Å². The minimum atomic E-state index is -0.127. The molecule has 47 heavy (non-hydrogen) atoms. The molecule has 6 rings (SSSR count). The van der Waals surface area contributed by atoms with Gasteiger partial charge in [-0.15, -0.1) is 0 Å². The van der Waals surface area contributed by atoms with E-state index in [0.717, 1.165) is 12.8 Å². The lowest BCUT2D eigenvalue weighted by atomic mass is 9.43. The lowest BCUT2D eigenvalue weighted by Crippen LogP contribution is -2.55. The van der Waals surface area contributed by atoms with Crippen LogP contribution in [0.5, 0.6) is 0 Å². The number of benzene rings is 2. The van der Waals surface area contributed by atoms with Gasteiger partial charge in [0.1, 0.15) is 6.10 Å². The van der Waals surface area contributed by atoms with Crippen LogP contribution < -0.4 is 0 Å². The number of hydrogen-bond acceptors (Lipinski definition) is 2. The molecule has 2 fully saturated rings. The van der Waals surface area contributed by atoms with Gasteiger partial charge in [-0.25, -0.2) is 0 Å². The van der Waals surface area contributed by atoms with Crippen molar-refractivity contribution in [1.29, 1.82) is 0 Å². The predicted molar refractivity (Wildman–Crippen MR) is 197 cm³/mol. The van der Waals surface area contributed by atoms with Crippen molar-refractivity contribution in [2.45, 2.75) is 133 Å². The molecule has 2 saturated carbocycles. The van der Waals surface area contributed by atoms with Crippen molar-refractivity contribution in [3.05, 3.63) is 88.5 Å². The smallest absolute Gasteiger partial charge is 0.302 e. The quantitative estimate of drug-likeness (QED) is 0.213. The summed E-state index contributed by atoms with van der Waals surface area (Å²) >= 11 is 0. The first-order valence-electron chi connectivity index (χ1n) is 19.0. The van der Waals surface area contributed by atoms with Crippen LogP contribution in [-0.2, 0) is 9.53 Å². The third-order valence-corrected chi connectivity index (χ3v) is 14.9. The lowest BCUT2D eigenvalue weighted by Gasteiger charge is -2.62. The molecule has 0 amide bonds. The molecule has 0 heterocycles. The van der Waals surface area contributed by atoms with Crippen LogP contribution in [0.2, 0.25) is 0 Å². The molecule has 4 aliphatic rings. The highest BCUT2D eigenvalue weighted by molar-refractivity contribution is 5.82. The summed E-state index contributed by atoms with van der Waals surface area (Å²) in [6.07, 6.45) is 12.0. The van der Waals surface area contributed by atoms with Crippen LogP contribution in [0.3, 0.4) is 0 Å². The van der Waals surface area contributed by atoms with Crippen molar-refractivity contribution >= 4 is 11.5 Å². The summed E-state index contributed by atoms with van der Waals surface area (Å²) in [7, 11) is 0. The van der Waals surface area contributed by atoms with Crippen molar-refractivity contribution in [3.8, 4) is 0 Å². The fourth-order valence-corrected chi connectivity index (χ4v) is 11.6. The summed E-state index contributed by atoms with van der Waals surface area (Å²) in [5.41, 5.74) is 10.2. The molecule has 0 saturated heterocycles. The van der Waals surface area contributed by atoms with Gasteiger partial charge in [-0.2, -0.15) is 0 Å². The van der Waals surface area contributed by atoms with Crippen LogP contribution in [0.15, 0.2) is 77.4 Å². The molecular weight excluding hydrogens is 572 g/mol. The largest absolute Gasteiger partial charge is 0.462 e. The predicted octanol–water partition coefficient (Wildman–Crippen LogP) is 12.2. The molecule has 0 bridgehead atoms. The Balaban J connectivity index is 1.45. The van der Waals surface area contributed by atoms with E-state index in [9.17, 15) is 4.79 Å². The van der Waals surface area contributed by atoms with Crippen LogP contribution in [0.1, 0.15) is 138 Å². The normalized spacial score (nSPS) is 33.4. The molecule has 2 aromatic rings. The maximum Gasteiger partial charge on any atom is 0.302 e. The number of carbonyl (C=O) groups excluding carboxylic acids is 1.